The Hall–Kier alpha value is -3.32. The van der Waals surface area contributed by atoms with E-state index in [1.165, 1.54) is 6.33 Å². The number of amides is 1. The number of fused-ring (bicyclic) bond motifs is 1. The average Bonchev–Trinajstić information content (AvgIpc) is 3.07. The molecule has 1 aliphatic heterocycles. The summed E-state index contributed by atoms with van der Waals surface area (Å²) in [7, 11) is 1.63. The Morgan fingerprint density at radius 3 is 2.67 bits per heavy atom. The van der Waals surface area contributed by atoms with Crippen LogP contribution in [0.4, 0.5) is 17.3 Å². The van der Waals surface area contributed by atoms with Crippen LogP contribution in [-0.4, -0.2) is 27.9 Å². The maximum Gasteiger partial charge on any atom is 0.255 e. The summed E-state index contributed by atoms with van der Waals surface area (Å²) in [5.74, 6) is 1.75. The first-order valence-electron chi connectivity index (χ1n) is 9.47. The fourth-order valence-corrected chi connectivity index (χ4v) is 3.87. The van der Waals surface area contributed by atoms with Gasteiger partial charge in [0, 0.05) is 29.8 Å². The second-order valence-corrected chi connectivity index (χ2v) is 7.65. The van der Waals surface area contributed by atoms with Gasteiger partial charge in [-0.15, -0.1) is 0 Å². The molecule has 0 spiro atoms. The monoisotopic (exact) mass is 423 g/mol. The Morgan fingerprint density at radius 2 is 1.97 bits per heavy atom. The molecule has 1 aliphatic rings. The van der Waals surface area contributed by atoms with E-state index in [0.29, 0.717) is 41.0 Å². The molecule has 3 N–H and O–H groups in total. The van der Waals surface area contributed by atoms with Crippen LogP contribution in [0.15, 0.2) is 36.7 Å². The van der Waals surface area contributed by atoms with E-state index in [2.05, 4.69) is 15.3 Å². The van der Waals surface area contributed by atoms with Gasteiger partial charge in [0.1, 0.15) is 23.7 Å². The molecule has 0 unspecified atom stereocenters. The third-order valence-corrected chi connectivity index (χ3v) is 5.75. The van der Waals surface area contributed by atoms with Gasteiger partial charge in [0.15, 0.2) is 0 Å². The lowest BCUT2D eigenvalue weighted by Gasteiger charge is -2.16. The molecule has 0 saturated carbocycles. The summed E-state index contributed by atoms with van der Waals surface area (Å²) in [4.78, 5) is 23.1. The quantitative estimate of drug-likeness (QED) is 0.637. The Bertz CT molecular complexity index is 1130. The first kappa shape index (κ1) is 20.0. The number of halogens is 1. The standard InChI is InChI=1S/C22H22ClN5O2/c1-12-8-17(27-21-13(2)20(24)25-11-26-21)19(23)16-10-28(22(29)18(12)16)9-14-4-6-15(30-3)7-5-14/h4-8,11H,9-10H2,1-3H3,(H3,24,25,26,27). The first-order valence-corrected chi connectivity index (χ1v) is 9.85. The van der Waals surface area contributed by atoms with Gasteiger partial charge in [0.25, 0.3) is 5.91 Å². The minimum Gasteiger partial charge on any atom is -0.497 e. The normalized spacial score (nSPS) is 12.8. The number of aromatic nitrogens is 2. The number of hydrogen-bond acceptors (Lipinski definition) is 6. The van der Waals surface area contributed by atoms with Crippen LogP contribution in [0.3, 0.4) is 0 Å². The summed E-state index contributed by atoms with van der Waals surface area (Å²) in [5, 5.41) is 3.75. The van der Waals surface area contributed by atoms with E-state index in [-0.39, 0.29) is 5.91 Å². The van der Waals surface area contributed by atoms with Crippen LogP contribution in [-0.2, 0) is 13.1 Å². The van der Waals surface area contributed by atoms with Gasteiger partial charge < -0.3 is 20.7 Å². The first-order chi connectivity index (χ1) is 14.4. The Morgan fingerprint density at radius 1 is 1.23 bits per heavy atom. The van der Waals surface area contributed by atoms with Gasteiger partial charge in [0.05, 0.1) is 17.8 Å². The van der Waals surface area contributed by atoms with Crippen LogP contribution < -0.4 is 15.8 Å². The molecule has 1 amide bonds. The number of nitrogens with two attached hydrogens (primary N) is 1. The molecule has 0 atom stereocenters. The van der Waals surface area contributed by atoms with Crippen LogP contribution in [0.5, 0.6) is 5.75 Å². The molecule has 4 rings (SSSR count). The predicted octanol–water partition coefficient (Wildman–Crippen LogP) is 4.24. The van der Waals surface area contributed by atoms with E-state index in [4.69, 9.17) is 22.1 Å². The molecule has 30 heavy (non-hydrogen) atoms. The number of hydrogen-bond donors (Lipinski definition) is 2. The summed E-state index contributed by atoms with van der Waals surface area (Å²) >= 11 is 6.71. The average molecular weight is 424 g/mol. The fourth-order valence-electron chi connectivity index (χ4n) is 3.62. The SMILES string of the molecule is COc1ccc(CN2Cc3c(Cl)c(Nc4ncnc(N)c4C)cc(C)c3C2=O)cc1. The number of methoxy groups -OCH3 is 1. The molecule has 0 radical (unpaired) electrons. The maximum absolute atomic E-state index is 13.1. The number of carbonyl (C=O) groups excluding carboxylic acids is 1. The number of nitrogens with one attached hydrogen (secondary N) is 1. The van der Waals surface area contributed by atoms with Crippen molar-refractivity contribution in [2.75, 3.05) is 18.2 Å². The van der Waals surface area contributed by atoms with Gasteiger partial charge in [0.2, 0.25) is 0 Å². The molecule has 154 valence electrons. The number of rotatable bonds is 5. The Balaban J connectivity index is 1.62. The minimum absolute atomic E-state index is 0.0192. The number of carbonyl (C=O) groups is 1. The van der Waals surface area contributed by atoms with Crippen molar-refractivity contribution in [3.05, 3.63) is 69.5 Å². The lowest BCUT2D eigenvalue weighted by Crippen LogP contribution is -2.23. The van der Waals surface area contributed by atoms with Crippen molar-refractivity contribution in [2.24, 2.45) is 0 Å². The van der Waals surface area contributed by atoms with Crippen molar-refractivity contribution in [2.45, 2.75) is 26.9 Å². The molecule has 0 aliphatic carbocycles. The smallest absolute Gasteiger partial charge is 0.255 e. The largest absolute Gasteiger partial charge is 0.497 e. The molecule has 0 saturated heterocycles. The molecule has 0 bridgehead atoms. The molecule has 7 nitrogen and oxygen atoms in total. The summed E-state index contributed by atoms with van der Waals surface area (Å²) in [6.45, 7) is 4.69. The molecule has 2 aromatic carbocycles. The molecule has 2 heterocycles. The number of aryl methyl sites for hydroxylation is 1. The number of anilines is 3. The van der Waals surface area contributed by atoms with Gasteiger partial charge >= 0.3 is 0 Å². The Kier molecular flexibility index (Phi) is 5.22. The molecular weight excluding hydrogens is 402 g/mol. The van der Waals surface area contributed by atoms with Gasteiger partial charge in [-0.1, -0.05) is 23.7 Å². The van der Waals surface area contributed by atoms with Crippen molar-refractivity contribution in [1.29, 1.82) is 0 Å². The number of nitrogen functional groups attached to an aromatic ring is 1. The van der Waals surface area contributed by atoms with E-state index in [1.54, 1.807) is 12.0 Å². The zero-order valence-corrected chi connectivity index (χ0v) is 17.7. The van der Waals surface area contributed by atoms with Crippen molar-refractivity contribution in [1.82, 2.24) is 14.9 Å². The van der Waals surface area contributed by atoms with E-state index >= 15 is 0 Å². The number of nitrogens with zero attached hydrogens (tertiary/aromatic N) is 3. The van der Waals surface area contributed by atoms with E-state index in [0.717, 1.165) is 28.0 Å². The van der Waals surface area contributed by atoms with Gasteiger partial charge in [-0.25, -0.2) is 9.97 Å². The van der Waals surface area contributed by atoms with Gasteiger partial charge in [-0.05, 0) is 43.2 Å². The summed E-state index contributed by atoms with van der Waals surface area (Å²) in [6, 6.07) is 9.56. The number of ether oxygens (including phenoxy) is 1. The summed E-state index contributed by atoms with van der Waals surface area (Å²) < 4.78 is 5.20. The zero-order chi connectivity index (χ0) is 21.4. The third kappa shape index (κ3) is 3.52. The highest BCUT2D eigenvalue weighted by Gasteiger charge is 2.32. The molecule has 3 aromatic rings. The van der Waals surface area contributed by atoms with Crippen LogP contribution in [0.1, 0.15) is 32.6 Å². The molecule has 8 heteroatoms. The molecule has 0 fully saturated rings. The lowest BCUT2D eigenvalue weighted by atomic mass is 10.0. The van der Waals surface area contributed by atoms with Crippen LogP contribution in [0, 0.1) is 13.8 Å². The van der Waals surface area contributed by atoms with Crippen molar-refractivity contribution < 1.29 is 9.53 Å². The van der Waals surface area contributed by atoms with Crippen molar-refractivity contribution in [3.63, 3.8) is 0 Å². The van der Waals surface area contributed by atoms with Crippen LogP contribution >= 0.6 is 11.6 Å². The van der Waals surface area contributed by atoms with E-state index in [1.807, 2.05) is 44.2 Å². The minimum atomic E-state index is -0.0192. The molecule has 1 aromatic heterocycles. The lowest BCUT2D eigenvalue weighted by molar-refractivity contribution is 0.0766. The second-order valence-electron chi connectivity index (χ2n) is 7.28. The van der Waals surface area contributed by atoms with E-state index in [9.17, 15) is 4.79 Å². The Labute approximate surface area is 179 Å². The molecular formula is C22H22ClN5O2. The summed E-state index contributed by atoms with van der Waals surface area (Å²) in [5.41, 5.74) is 10.7. The van der Waals surface area contributed by atoms with Crippen LogP contribution in [0.2, 0.25) is 5.02 Å². The highest BCUT2D eigenvalue weighted by atomic mass is 35.5. The van der Waals surface area contributed by atoms with Crippen LogP contribution in [0.25, 0.3) is 0 Å². The highest BCUT2D eigenvalue weighted by molar-refractivity contribution is 6.35. The maximum atomic E-state index is 13.1. The zero-order valence-electron chi connectivity index (χ0n) is 17.0. The highest BCUT2D eigenvalue weighted by Crippen LogP contribution is 2.39. The predicted molar refractivity (Wildman–Crippen MR) is 117 cm³/mol. The summed E-state index contributed by atoms with van der Waals surface area (Å²) in [6.07, 6.45) is 1.40. The third-order valence-electron chi connectivity index (χ3n) is 5.32. The van der Waals surface area contributed by atoms with Crippen molar-refractivity contribution in [3.8, 4) is 5.75 Å². The second kappa shape index (κ2) is 7.84. The fraction of sp³-hybridized carbons (Fsp3) is 0.227. The van der Waals surface area contributed by atoms with Crippen molar-refractivity contribution >= 4 is 34.8 Å². The van der Waals surface area contributed by atoms with E-state index < -0.39 is 0 Å². The van der Waals surface area contributed by atoms with Gasteiger partial charge in [-0.2, -0.15) is 0 Å². The van der Waals surface area contributed by atoms with Gasteiger partial charge in [-0.3, -0.25) is 4.79 Å². The number of benzene rings is 2. The topological polar surface area (TPSA) is 93.4 Å².